The number of ether oxygens (including phenoxy) is 2. The predicted octanol–water partition coefficient (Wildman–Crippen LogP) is 5.19. The summed E-state index contributed by atoms with van der Waals surface area (Å²) in [5, 5.41) is 2.20. The van der Waals surface area contributed by atoms with Gasteiger partial charge in [-0.25, -0.2) is 8.78 Å². The molecule has 0 bridgehead atoms. The number of benzene rings is 3. The molecule has 24 heavy (non-hydrogen) atoms. The quantitative estimate of drug-likeness (QED) is 0.645. The molecule has 122 valence electrons. The van der Waals surface area contributed by atoms with Gasteiger partial charge in [-0.2, -0.15) is 0 Å². The third-order valence-electron chi connectivity index (χ3n) is 4.53. The summed E-state index contributed by atoms with van der Waals surface area (Å²) in [5.74, 6) is 0.398. The largest absolute Gasteiger partial charge is 0.497 e. The average molecular weight is 326 g/mol. The lowest BCUT2D eigenvalue weighted by Crippen LogP contribution is -2.16. The molecule has 1 atom stereocenters. The van der Waals surface area contributed by atoms with Crippen molar-refractivity contribution in [1.82, 2.24) is 0 Å². The van der Waals surface area contributed by atoms with Crippen LogP contribution in [-0.2, 0) is 6.42 Å². The summed E-state index contributed by atoms with van der Waals surface area (Å²) in [6.45, 7) is 0. The van der Waals surface area contributed by atoms with Gasteiger partial charge in [-0.1, -0.05) is 12.1 Å². The van der Waals surface area contributed by atoms with Crippen molar-refractivity contribution >= 4 is 10.8 Å². The van der Waals surface area contributed by atoms with Crippen LogP contribution in [0.15, 0.2) is 48.5 Å². The zero-order valence-corrected chi connectivity index (χ0v) is 13.2. The van der Waals surface area contributed by atoms with Crippen LogP contribution in [-0.4, -0.2) is 7.11 Å². The van der Waals surface area contributed by atoms with E-state index in [4.69, 9.17) is 9.47 Å². The number of hydrogen-bond acceptors (Lipinski definition) is 2. The van der Waals surface area contributed by atoms with Crippen LogP contribution in [0, 0.1) is 11.6 Å². The fourth-order valence-corrected chi connectivity index (χ4v) is 3.31. The number of aryl methyl sites for hydroxylation is 1. The van der Waals surface area contributed by atoms with E-state index >= 15 is 0 Å². The second-order valence-corrected chi connectivity index (χ2v) is 5.94. The lowest BCUT2D eigenvalue weighted by atomic mass is 9.93. The molecule has 0 radical (unpaired) electrons. The first kappa shape index (κ1) is 14.9. The van der Waals surface area contributed by atoms with Gasteiger partial charge in [-0.3, -0.25) is 0 Å². The van der Waals surface area contributed by atoms with Crippen LogP contribution in [0.3, 0.4) is 0 Å². The molecule has 1 aliphatic rings. The third-order valence-corrected chi connectivity index (χ3v) is 4.53. The van der Waals surface area contributed by atoms with E-state index in [1.54, 1.807) is 7.11 Å². The number of hydrogen-bond donors (Lipinski definition) is 0. The predicted molar refractivity (Wildman–Crippen MR) is 88.5 cm³/mol. The van der Waals surface area contributed by atoms with Crippen LogP contribution < -0.4 is 9.47 Å². The second-order valence-electron chi connectivity index (χ2n) is 5.94. The molecule has 0 aliphatic carbocycles. The fourth-order valence-electron chi connectivity index (χ4n) is 3.31. The lowest BCUT2D eigenvalue weighted by molar-refractivity contribution is 0.173. The zero-order valence-electron chi connectivity index (χ0n) is 13.2. The van der Waals surface area contributed by atoms with Gasteiger partial charge in [0.25, 0.3) is 0 Å². The third kappa shape index (κ3) is 2.48. The zero-order chi connectivity index (χ0) is 16.7. The molecule has 0 aromatic heterocycles. The maximum atomic E-state index is 14.0. The Kier molecular flexibility index (Phi) is 3.60. The Morgan fingerprint density at radius 1 is 1.04 bits per heavy atom. The Balaban J connectivity index is 1.74. The van der Waals surface area contributed by atoms with Crippen LogP contribution >= 0.6 is 0 Å². The van der Waals surface area contributed by atoms with Gasteiger partial charge in [0.05, 0.1) is 7.11 Å². The van der Waals surface area contributed by atoms with E-state index < -0.39 is 17.7 Å². The average Bonchev–Trinajstić information content (AvgIpc) is 2.60. The maximum absolute atomic E-state index is 14.0. The first-order chi connectivity index (χ1) is 11.7. The molecular weight excluding hydrogens is 310 g/mol. The summed E-state index contributed by atoms with van der Waals surface area (Å²) < 4.78 is 38.5. The molecule has 0 saturated heterocycles. The van der Waals surface area contributed by atoms with E-state index in [2.05, 4.69) is 0 Å². The molecular formula is C20H16F2O2. The van der Waals surface area contributed by atoms with Gasteiger partial charge >= 0.3 is 0 Å². The van der Waals surface area contributed by atoms with E-state index in [0.717, 1.165) is 40.3 Å². The van der Waals surface area contributed by atoms with Gasteiger partial charge in [0.15, 0.2) is 0 Å². The molecule has 1 unspecified atom stereocenters. The first-order valence-electron chi connectivity index (χ1n) is 7.87. The van der Waals surface area contributed by atoms with E-state index in [9.17, 15) is 8.78 Å². The van der Waals surface area contributed by atoms with Crippen molar-refractivity contribution in [3.63, 3.8) is 0 Å². The summed E-state index contributed by atoms with van der Waals surface area (Å²) >= 11 is 0. The molecule has 4 heteroatoms. The molecule has 2 nitrogen and oxygen atoms in total. The number of methoxy groups -OCH3 is 1. The van der Waals surface area contributed by atoms with Gasteiger partial charge in [0.2, 0.25) is 0 Å². The van der Waals surface area contributed by atoms with Gasteiger partial charge in [-0.15, -0.1) is 0 Å². The Morgan fingerprint density at radius 2 is 1.88 bits per heavy atom. The standard InChI is InChI=1S/C20H16F2O2/c1-23-14-5-2-12-3-8-19-15(17(12)11-14)7-9-20(24-19)16-6-4-13(21)10-18(16)22/h2-6,8,10-11,20H,7,9H2,1H3. The highest BCUT2D eigenvalue weighted by Gasteiger charge is 2.25. The van der Waals surface area contributed by atoms with Crippen LogP contribution in [0.1, 0.15) is 23.7 Å². The van der Waals surface area contributed by atoms with Crippen LogP contribution in [0.5, 0.6) is 11.5 Å². The number of rotatable bonds is 2. The molecule has 4 rings (SSSR count). The fraction of sp³-hybridized carbons (Fsp3) is 0.200. The minimum atomic E-state index is -0.578. The molecule has 0 spiro atoms. The Bertz CT molecular complexity index is 921. The number of halogens is 2. The van der Waals surface area contributed by atoms with E-state index in [1.807, 2.05) is 30.3 Å². The van der Waals surface area contributed by atoms with Crippen LogP contribution in [0.4, 0.5) is 8.78 Å². The first-order valence-corrected chi connectivity index (χ1v) is 7.87. The lowest BCUT2D eigenvalue weighted by Gasteiger charge is -2.27. The van der Waals surface area contributed by atoms with Crippen LogP contribution in [0.25, 0.3) is 10.8 Å². The highest BCUT2D eigenvalue weighted by atomic mass is 19.1. The summed E-state index contributed by atoms with van der Waals surface area (Å²) in [5.41, 5.74) is 1.50. The van der Waals surface area contributed by atoms with E-state index in [-0.39, 0.29) is 0 Å². The topological polar surface area (TPSA) is 18.5 Å². The molecule has 0 N–H and O–H groups in total. The van der Waals surface area contributed by atoms with E-state index in [0.29, 0.717) is 12.0 Å². The molecule has 0 saturated carbocycles. The van der Waals surface area contributed by atoms with Gasteiger partial charge in [0.1, 0.15) is 29.2 Å². The number of fused-ring (bicyclic) bond motifs is 3. The van der Waals surface area contributed by atoms with Crippen molar-refractivity contribution in [3.05, 3.63) is 71.3 Å². The highest BCUT2D eigenvalue weighted by molar-refractivity contribution is 5.89. The van der Waals surface area contributed by atoms with Gasteiger partial charge in [-0.05, 0) is 53.9 Å². The molecule has 0 fully saturated rings. The summed E-state index contributed by atoms with van der Waals surface area (Å²) in [6, 6.07) is 13.5. The normalized spacial score (nSPS) is 16.5. The van der Waals surface area contributed by atoms with Gasteiger partial charge in [0, 0.05) is 17.2 Å². The van der Waals surface area contributed by atoms with Crippen molar-refractivity contribution in [2.24, 2.45) is 0 Å². The second kappa shape index (κ2) is 5.78. The van der Waals surface area contributed by atoms with Crippen molar-refractivity contribution < 1.29 is 18.3 Å². The van der Waals surface area contributed by atoms with Crippen LogP contribution in [0.2, 0.25) is 0 Å². The van der Waals surface area contributed by atoms with Gasteiger partial charge < -0.3 is 9.47 Å². The van der Waals surface area contributed by atoms with Crippen molar-refractivity contribution in [2.45, 2.75) is 18.9 Å². The highest BCUT2D eigenvalue weighted by Crippen LogP contribution is 2.40. The molecule has 1 aliphatic heterocycles. The van der Waals surface area contributed by atoms with Crippen molar-refractivity contribution in [3.8, 4) is 11.5 Å². The summed E-state index contributed by atoms with van der Waals surface area (Å²) in [7, 11) is 1.64. The Hall–Kier alpha value is -2.62. The minimum absolute atomic E-state index is 0.396. The Morgan fingerprint density at radius 3 is 2.67 bits per heavy atom. The SMILES string of the molecule is COc1ccc2ccc3c(c2c1)CCC(c1ccc(F)cc1F)O3. The minimum Gasteiger partial charge on any atom is -0.497 e. The van der Waals surface area contributed by atoms with Crippen molar-refractivity contribution in [2.75, 3.05) is 7.11 Å². The smallest absolute Gasteiger partial charge is 0.133 e. The molecule has 1 heterocycles. The monoisotopic (exact) mass is 326 g/mol. The molecule has 3 aromatic rings. The molecule has 3 aromatic carbocycles. The molecule has 0 amide bonds. The van der Waals surface area contributed by atoms with E-state index in [1.165, 1.54) is 12.1 Å². The van der Waals surface area contributed by atoms with Crippen molar-refractivity contribution in [1.29, 1.82) is 0 Å². The maximum Gasteiger partial charge on any atom is 0.133 e. The summed E-state index contributed by atoms with van der Waals surface area (Å²) in [4.78, 5) is 0. The Labute approximate surface area is 138 Å². The summed E-state index contributed by atoms with van der Waals surface area (Å²) in [6.07, 6.45) is 1.01.